The van der Waals surface area contributed by atoms with Crippen LogP contribution in [0.5, 0.6) is 0 Å². The number of anilines is 1. The molecule has 116 valence electrons. The van der Waals surface area contributed by atoms with Crippen molar-refractivity contribution in [3.05, 3.63) is 32.8 Å². The molecule has 0 saturated carbocycles. The second kappa shape index (κ2) is 6.41. The van der Waals surface area contributed by atoms with Crippen LogP contribution in [0.4, 0.5) is 11.4 Å². The number of rotatable bonds is 4. The molecule has 3 N–H and O–H groups in total. The molecule has 1 amide bonds. The summed E-state index contributed by atoms with van der Waals surface area (Å²) < 4.78 is 0. The lowest BCUT2D eigenvalue weighted by atomic mass is 9.85. The van der Waals surface area contributed by atoms with Crippen molar-refractivity contribution in [2.24, 2.45) is 11.1 Å². The van der Waals surface area contributed by atoms with Crippen molar-refractivity contribution in [2.45, 2.75) is 40.2 Å². The van der Waals surface area contributed by atoms with Gasteiger partial charge in [-0.3, -0.25) is 14.9 Å². The fourth-order valence-electron chi connectivity index (χ4n) is 1.65. The molecule has 1 atom stereocenters. The average Bonchev–Trinajstić information content (AvgIpc) is 2.31. The highest BCUT2D eigenvalue weighted by molar-refractivity contribution is 6.33. The summed E-state index contributed by atoms with van der Waals surface area (Å²) in [6.07, 6.45) is 0.164. The fraction of sp³-hybridized carbons (Fsp3) is 0.500. The largest absolute Gasteiger partial charge is 0.327 e. The van der Waals surface area contributed by atoms with E-state index in [2.05, 4.69) is 5.32 Å². The molecule has 0 fully saturated rings. The molecule has 1 aromatic rings. The predicted molar refractivity (Wildman–Crippen MR) is 83.5 cm³/mol. The normalized spacial score (nSPS) is 12.9. The number of hydrogen-bond donors (Lipinski definition) is 2. The number of nitrogens with zero attached hydrogens (tertiary/aromatic N) is 1. The first-order chi connectivity index (χ1) is 9.52. The zero-order chi connectivity index (χ0) is 16.4. The van der Waals surface area contributed by atoms with Gasteiger partial charge in [-0.2, -0.15) is 0 Å². The standard InChI is InChI=1S/C14H20ClN3O3/c1-8-5-11(18(20)21)9(15)6-10(8)17-13(19)7-12(16)14(2,3)4/h5-6,12H,7,16H2,1-4H3,(H,17,19). The van der Waals surface area contributed by atoms with Crippen LogP contribution in [0.25, 0.3) is 0 Å². The van der Waals surface area contributed by atoms with E-state index in [1.54, 1.807) is 6.92 Å². The molecule has 0 bridgehead atoms. The number of carbonyl (C=O) groups is 1. The van der Waals surface area contributed by atoms with Crippen LogP contribution in [0.15, 0.2) is 12.1 Å². The molecule has 7 heteroatoms. The number of nitro groups is 1. The van der Waals surface area contributed by atoms with Gasteiger partial charge in [0.2, 0.25) is 5.91 Å². The Labute approximate surface area is 128 Å². The molecule has 21 heavy (non-hydrogen) atoms. The fourth-order valence-corrected chi connectivity index (χ4v) is 1.88. The van der Waals surface area contributed by atoms with Gasteiger partial charge in [-0.1, -0.05) is 32.4 Å². The van der Waals surface area contributed by atoms with Gasteiger partial charge in [-0.25, -0.2) is 0 Å². The van der Waals surface area contributed by atoms with Crippen molar-refractivity contribution in [1.29, 1.82) is 0 Å². The molecule has 0 aliphatic carbocycles. The molecule has 0 aliphatic heterocycles. The minimum absolute atomic E-state index is 0.0129. The Hall–Kier alpha value is -1.66. The van der Waals surface area contributed by atoms with Crippen LogP contribution in [0.3, 0.4) is 0 Å². The number of amides is 1. The number of halogens is 1. The van der Waals surface area contributed by atoms with Crippen LogP contribution < -0.4 is 11.1 Å². The smallest absolute Gasteiger partial charge is 0.288 e. The van der Waals surface area contributed by atoms with E-state index in [4.69, 9.17) is 17.3 Å². The van der Waals surface area contributed by atoms with Gasteiger partial charge in [0.1, 0.15) is 5.02 Å². The molecule has 0 radical (unpaired) electrons. The Morgan fingerprint density at radius 3 is 2.52 bits per heavy atom. The van der Waals surface area contributed by atoms with Gasteiger partial charge < -0.3 is 11.1 Å². The van der Waals surface area contributed by atoms with E-state index in [0.29, 0.717) is 11.3 Å². The topological polar surface area (TPSA) is 98.3 Å². The maximum absolute atomic E-state index is 12.0. The summed E-state index contributed by atoms with van der Waals surface area (Å²) in [6.45, 7) is 7.54. The summed E-state index contributed by atoms with van der Waals surface area (Å²) in [6, 6.07) is 2.43. The van der Waals surface area contributed by atoms with Crippen molar-refractivity contribution >= 4 is 28.9 Å². The average molecular weight is 314 g/mol. The summed E-state index contributed by atoms with van der Waals surface area (Å²) >= 11 is 5.84. The summed E-state index contributed by atoms with van der Waals surface area (Å²) in [4.78, 5) is 22.2. The minimum atomic E-state index is -0.559. The van der Waals surface area contributed by atoms with Crippen molar-refractivity contribution in [2.75, 3.05) is 5.32 Å². The minimum Gasteiger partial charge on any atom is -0.327 e. The molecule has 0 spiro atoms. The molecule has 0 aromatic heterocycles. The quantitative estimate of drug-likeness (QED) is 0.658. The number of hydrogen-bond acceptors (Lipinski definition) is 4. The number of nitrogens with two attached hydrogens (primary N) is 1. The molecule has 1 unspecified atom stereocenters. The van der Waals surface area contributed by atoms with Crippen molar-refractivity contribution < 1.29 is 9.72 Å². The number of nitro benzene ring substituents is 1. The molecule has 0 heterocycles. The van der Waals surface area contributed by atoms with E-state index in [0.717, 1.165) is 0 Å². The monoisotopic (exact) mass is 313 g/mol. The summed E-state index contributed by atoms with van der Waals surface area (Å²) in [5.41, 5.74) is 6.63. The number of nitrogens with one attached hydrogen (secondary N) is 1. The second-order valence-corrected chi connectivity index (χ2v) is 6.51. The Morgan fingerprint density at radius 2 is 2.05 bits per heavy atom. The number of aryl methyl sites for hydroxylation is 1. The summed E-state index contributed by atoms with van der Waals surface area (Å²) in [7, 11) is 0. The first kappa shape index (κ1) is 17.4. The lowest BCUT2D eigenvalue weighted by Gasteiger charge is -2.26. The molecule has 0 aliphatic rings. The maximum atomic E-state index is 12.0. The number of benzene rings is 1. The van der Waals surface area contributed by atoms with E-state index in [1.165, 1.54) is 12.1 Å². The van der Waals surface area contributed by atoms with Gasteiger partial charge in [0.05, 0.1) is 4.92 Å². The van der Waals surface area contributed by atoms with E-state index in [-0.39, 0.29) is 34.5 Å². The Balaban J connectivity index is 2.87. The van der Waals surface area contributed by atoms with E-state index in [9.17, 15) is 14.9 Å². The Bertz CT molecular complexity index is 567. The summed E-state index contributed by atoms with van der Waals surface area (Å²) in [5, 5.41) is 13.5. The second-order valence-electron chi connectivity index (χ2n) is 6.10. The SMILES string of the molecule is Cc1cc([N+](=O)[O-])c(Cl)cc1NC(=O)CC(N)C(C)(C)C. The van der Waals surface area contributed by atoms with E-state index < -0.39 is 4.92 Å². The molecule has 1 rings (SSSR count). The highest BCUT2D eigenvalue weighted by Crippen LogP contribution is 2.30. The van der Waals surface area contributed by atoms with Crippen LogP contribution in [0.2, 0.25) is 5.02 Å². The maximum Gasteiger partial charge on any atom is 0.288 e. The third-order valence-corrected chi connectivity index (χ3v) is 3.59. The van der Waals surface area contributed by atoms with E-state index in [1.807, 2.05) is 20.8 Å². The molecule has 0 saturated heterocycles. The lowest BCUT2D eigenvalue weighted by Crippen LogP contribution is -2.38. The van der Waals surface area contributed by atoms with E-state index >= 15 is 0 Å². The van der Waals surface area contributed by atoms with Crippen LogP contribution in [-0.2, 0) is 4.79 Å². The third-order valence-electron chi connectivity index (χ3n) is 3.28. The molecular weight excluding hydrogens is 294 g/mol. The first-order valence-electron chi connectivity index (χ1n) is 6.52. The molecular formula is C14H20ClN3O3. The Morgan fingerprint density at radius 1 is 1.48 bits per heavy atom. The van der Waals surface area contributed by atoms with Crippen molar-refractivity contribution in [1.82, 2.24) is 0 Å². The van der Waals surface area contributed by atoms with Crippen LogP contribution >= 0.6 is 11.6 Å². The van der Waals surface area contributed by atoms with Gasteiger partial charge in [-0.05, 0) is 24.0 Å². The van der Waals surface area contributed by atoms with Gasteiger partial charge in [-0.15, -0.1) is 0 Å². The highest BCUT2D eigenvalue weighted by atomic mass is 35.5. The third kappa shape index (κ3) is 4.68. The highest BCUT2D eigenvalue weighted by Gasteiger charge is 2.24. The Kier molecular flexibility index (Phi) is 5.31. The first-order valence-corrected chi connectivity index (χ1v) is 6.90. The molecule has 6 nitrogen and oxygen atoms in total. The predicted octanol–water partition coefficient (Wildman–Crippen LogP) is 3.26. The van der Waals surface area contributed by atoms with Crippen LogP contribution in [0, 0.1) is 22.5 Å². The molecule has 1 aromatic carbocycles. The van der Waals surface area contributed by atoms with Crippen LogP contribution in [-0.4, -0.2) is 16.9 Å². The lowest BCUT2D eigenvalue weighted by molar-refractivity contribution is -0.384. The van der Waals surface area contributed by atoms with Crippen molar-refractivity contribution in [3.63, 3.8) is 0 Å². The van der Waals surface area contributed by atoms with Crippen molar-refractivity contribution in [3.8, 4) is 0 Å². The van der Waals surface area contributed by atoms with Gasteiger partial charge in [0.25, 0.3) is 5.69 Å². The van der Waals surface area contributed by atoms with Gasteiger partial charge in [0, 0.05) is 24.2 Å². The van der Waals surface area contributed by atoms with Gasteiger partial charge in [0.15, 0.2) is 0 Å². The van der Waals surface area contributed by atoms with Crippen LogP contribution in [0.1, 0.15) is 32.8 Å². The summed E-state index contributed by atoms with van der Waals surface area (Å²) in [5.74, 6) is -0.245. The number of carbonyl (C=O) groups excluding carboxylic acids is 1. The zero-order valence-corrected chi connectivity index (χ0v) is 13.3. The van der Waals surface area contributed by atoms with Gasteiger partial charge >= 0.3 is 0 Å². The zero-order valence-electron chi connectivity index (χ0n) is 12.6.